The SMILES string of the molecule is Cc1[nH]c(C=C2C(=O)NN=C2c2nccnn2)c(C(C)C)c1CCCCN1CCCCC1. The maximum atomic E-state index is 12.5. The summed E-state index contributed by atoms with van der Waals surface area (Å²) in [5.74, 6) is 0.422. The van der Waals surface area contributed by atoms with Gasteiger partial charge in [-0.2, -0.15) is 10.2 Å². The number of aryl methyl sites for hydroxylation is 1. The molecule has 0 saturated carbocycles. The van der Waals surface area contributed by atoms with Crippen LogP contribution in [0.4, 0.5) is 0 Å². The molecule has 4 heterocycles. The van der Waals surface area contributed by atoms with Crippen LogP contribution in [0.2, 0.25) is 0 Å². The lowest BCUT2D eigenvalue weighted by Crippen LogP contribution is -2.30. The van der Waals surface area contributed by atoms with Crippen molar-refractivity contribution in [3.63, 3.8) is 0 Å². The molecule has 0 spiro atoms. The third kappa shape index (κ3) is 4.96. The highest BCUT2D eigenvalue weighted by molar-refractivity contribution is 6.32. The highest BCUT2D eigenvalue weighted by Crippen LogP contribution is 2.30. The number of piperidine rings is 1. The molecule has 0 unspecified atom stereocenters. The van der Waals surface area contributed by atoms with Crippen molar-refractivity contribution < 1.29 is 4.79 Å². The number of hydrogen-bond donors (Lipinski definition) is 2. The molecule has 2 aliphatic heterocycles. The molecule has 1 saturated heterocycles. The minimum absolute atomic E-state index is 0.252. The van der Waals surface area contributed by atoms with Gasteiger partial charge in [-0.15, -0.1) is 5.10 Å². The van der Waals surface area contributed by atoms with Gasteiger partial charge in [-0.1, -0.05) is 20.3 Å². The lowest BCUT2D eigenvalue weighted by Gasteiger charge is -2.26. The number of carbonyl (C=O) groups is 1. The fourth-order valence-corrected chi connectivity index (χ4v) is 4.76. The number of hydrazone groups is 1. The summed E-state index contributed by atoms with van der Waals surface area (Å²) >= 11 is 0. The second-order valence-corrected chi connectivity index (χ2v) is 9.00. The number of H-pyrrole nitrogens is 1. The van der Waals surface area contributed by atoms with Crippen LogP contribution in [0.15, 0.2) is 23.1 Å². The minimum Gasteiger partial charge on any atom is -0.359 e. The molecule has 8 heteroatoms. The van der Waals surface area contributed by atoms with Crippen LogP contribution in [0.5, 0.6) is 0 Å². The molecular formula is C24H33N7O. The van der Waals surface area contributed by atoms with Crippen LogP contribution in [0, 0.1) is 6.92 Å². The van der Waals surface area contributed by atoms with Gasteiger partial charge in [0.15, 0.2) is 0 Å². The summed E-state index contributed by atoms with van der Waals surface area (Å²) in [6.45, 7) is 10.2. The Morgan fingerprint density at radius 1 is 1.16 bits per heavy atom. The van der Waals surface area contributed by atoms with E-state index in [2.05, 4.69) is 56.4 Å². The Hall–Kier alpha value is -2.87. The molecule has 2 aromatic rings. The van der Waals surface area contributed by atoms with Crippen molar-refractivity contribution in [3.8, 4) is 0 Å². The summed E-state index contributed by atoms with van der Waals surface area (Å²) in [7, 11) is 0. The zero-order valence-electron chi connectivity index (χ0n) is 19.3. The Balaban J connectivity index is 1.53. The van der Waals surface area contributed by atoms with E-state index in [1.54, 1.807) is 6.20 Å². The van der Waals surface area contributed by atoms with Gasteiger partial charge in [0.25, 0.3) is 5.91 Å². The maximum Gasteiger partial charge on any atom is 0.273 e. The van der Waals surface area contributed by atoms with Crippen LogP contribution in [0.1, 0.15) is 80.2 Å². The minimum atomic E-state index is -0.252. The summed E-state index contributed by atoms with van der Waals surface area (Å²) in [6.07, 6.45) is 12.4. The van der Waals surface area contributed by atoms with E-state index in [1.807, 2.05) is 6.08 Å². The number of nitrogens with zero attached hydrogens (tertiary/aromatic N) is 5. The number of likely N-dealkylation sites (tertiary alicyclic amines) is 1. The van der Waals surface area contributed by atoms with Crippen LogP contribution in [-0.4, -0.2) is 56.3 Å². The van der Waals surface area contributed by atoms with E-state index in [9.17, 15) is 4.79 Å². The van der Waals surface area contributed by atoms with E-state index in [0.29, 0.717) is 23.0 Å². The molecule has 0 radical (unpaired) electrons. The molecule has 170 valence electrons. The van der Waals surface area contributed by atoms with Gasteiger partial charge in [0.2, 0.25) is 5.82 Å². The molecule has 0 atom stereocenters. The second-order valence-electron chi connectivity index (χ2n) is 9.00. The van der Waals surface area contributed by atoms with Crippen LogP contribution >= 0.6 is 0 Å². The first-order valence-electron chi connectivity index (χ1n) is 11.7. The van der Waals surface area contributed by atoms with Crippen molar-refractivity contribution in [2.45, 2.75) is 65.2 Å². The Bertz CT molecular complexity index is 1000. The number of rotatable bonds is 8. The maximum absolute atomic E-state index is 12.5. The molecule has 2 aromatic heterocycles. The van der Waals surface area contributed by atoms with Gasteiger partial charge in [-0.3, -0.25) is 4.79 Å². The topological polar surface area (TPSA) is 99.2 Å². The molecule has 2 N–H and O–H groups in total. The zero-order chi connectivity index (χ0) is 22.5. The van der Waals surface area contributed by atoms with Crippen LogP contribution in [0.3, 0.4) is 0 Å². The Morgan fingerprint density at radius 2 is 1.97 bits per heavy atom. The Morgan fingerprint density at radius 3 is 2.69 bits per heavy atom. The predicted molar refractivity (Wildman–Crippen MR) is 125 cm³/mol. The lowest BCUT2D eigenvalue weighted by molar-refractivity contribution is -0.116. The van der Waals surface area contributed by atoms with Gasteiger partial charge in [0.05, 0.1) is 11.8 Å². The summed E-state index contributed by atoms with van der Waals surface area (Å²) in [6, 6.07) is 0. The molecule has 0 aliphatic carbocycles. The first-order valence-corrected chi connectivity index (χ1v) is 11.7. The fourth-order valence-electron chi connectivity index (χ4n) is 4.76. The van der Waals surface area contributed by atoms with E-state index in [1.165, 1.54) is 74.8 Å². The molecule has 0 bridgehead atoms. The first kappa shape index (κ1) is 22.3. The summed E-state index contributed by atoms with van der Waals surface area (Å²) in [5.41, 5.74) is 8.21. The number of nitrogens with one attached hydrogen (secondary N) is 2. The van der Waals surface area contributed by atoms with Gasteiger partial charge in [0, 0.05) is 17.6 Å². The van der Waals surface area contributed by atoms with Crippen molar-refractivity contribution in [2.75, 3.05) is 19.6 Å². The zero-order valence-corrected chi connectivity index (χ0v) is 19.3. The normalized spacial score (nSPS) is 18.4. The lowest BCUT2D eigenvalue weighted by atomic mass is 9.93. The van der Waals surface area contributed by atoms with Crippen molar-refractivity contribution in [1.29, 1.82) is 0 Å². The van der Waals surface area contributed by atoms with Gasteiger partial charge < -0.3 is 9.88 Å². The molecule has 32 heavy (non-hydrogen) atoms. The van der Waals surface area contributed by atoms with Crippen molar-refractivity contribution in [2.24, 2.45) is 5.10 Å². The molecule has 2 aliphatic rings. The second kappa shape index (κ2) is 10.2. The van der Waals surface area contributed by atoms with Gasteiger partial charge in [0.1, 0.15) is 5.71 Å². The molecular weight excluding hydrogens is 402 g/mol. The predicted octanol–water partition coefficient (Wildman–Crippen LogP) is 3.36. The highest BCUT2D eigenvalue weighted by atomic mass is 16.2. The number of aromatic amines is 1. The van der Waals surface area contributed by atoms with E-state index >= 15 is 0 Å². The van der Waals surface area contributed by atoms with E-state index < -0.39 is 0 Å². The van der Waals surface area contributed by atoms with E-state index in [0.717, 1.165) is 12.1 Å². The summed E-state index contributed by atoms with van der Waals surface area (Å²) < 4.78 is 0. The summed E-state index contributed by atoms with van der Waals surface area (Å²) in [4.78, 5) is 22.8. The molecule has 1 fully saturated rings. The smallest absolute Gasteiger partial charge is 0.273 e. The number of carbonyl (C=O) groups excluding carboxylic acids is 1. The number of unbranched alkanes of at least 4 members (excludes halogenated alkanes) is 1. The Labute approximate surface area is 189 Å². The third-order valence-electron chi connectivity index (χ3n) is 6.32. The van der Waals surface area contributed by atoms with E-state index in [4.69, 9.17) is 0 Å². The Kier molecular flexibility index (Phi) is 7.09. The molecule has 0 aromatic carbocycles. The number of amides is 1. The third-order valence-corrected chi connectivity index (χ3v) is 6.32. The largest absolute Gasteiger partial charge is 0.359 e. The van der Waals surface area contributed by atoms with E-state index in [-0.39, 0.29) is 5.91 Å². The molecule has 1 amide bonds. The van der Waals surface area contributed by atoms with Crippen molar-refractivity contribution >= 4 is 17.7 Å². The van der Waals surface area contributed by atoms with Crippen LogP contribution in [-0.2, 0) is 11.2 Å². The average Bonchev–Trinajstić information content (AvgIpc) is 3.32. The molecule has 8 nitrogen and oxygen atoms in total. The first-order chi connectivity index (χ1) is 15.5. The molecule has 4 rings (SSSR count). The number of hydrogen-bond acceptors (Lipinski definition) is 6. The summed E-state index contributed by atoms with van der Waals surface area (Å²) in [5, 5.41) is 12.0. The van der Waals surface area contributed by atoms with Gasteiger partial charge >= 0.3 is 0 Å². The van der Waals surface area contributed by atoms with Crippen molar-refractivity contribution in [1.82, 2.24) is 30.5 Å². The quantitative estimate of drug-likeness (QED) is 0.489. The fraction of sp³-hybridized carbons (Fsp3) is 0.542. The van der Waals surface area contributed by atoms with Gasteiger partial charge in [-0.25, -0.2) is 10.4 Å². The number of aromatic nitrogens is 4. The standard InChI is InChI=1S/C24H33N7O/c1-16(2)21-18(9-5-8-14-31-12-6-4-7-13-31)17(3)27-20(21)15-19-22(28-30-24(19)32)23-25-10-11-26-29-23/h10-11,15-16,27H,4-9,12-14H2,1-3H3,(H,30,32). The van der Waals surface area contributed by atoms with Crippen molar-refractivity contribution in [3.05, 3.63) is 46.3 Å². The monoisotopic (exact) mass is 435 g/mol. The highest BCUT2D eigenvalue weighted by Gasteiger charge is 2.27. The van der Waals surface area contributed by atoms with Crippen LogP contribution in [0.25, 0.3) is 6.08 Å². The van der Waals surface area contributed by atoms with Gasteiger partial charge in [-0.05, 0) is 81.8 Å². The van der Waals surface area contributed by atoms with Crippen LogP contribution < -0.4 is 5.43 Å². The average molecular weight is 436 g/mol.